The van der Waals surface area contributed by atoms with Gasteiger partial charge in [-0.2, -0.15) is 4.98 Å². The Balaban J connectivity index is 1.39. The van der Waals surface area contributed by atoms with Crippen LogP contribution in [-0.2, 0) is 16.8 Å². The summed E-state index contributed by atoms with van der Waals surface area (Å²) in [4.78, 5) is 21.1. The van der Waals surface area contributed by atoms with E-state index in [0.29, 0.717) is 18.1 Å². The van der Waals surface area contributed by atoms with Crippen molar-refractivity contribution < 1.29 is 14.1 Å². The van der Waals surface area contributed by atoms with Gasteiger partial charge in [0, 0.05) is 22.7 Å². The van der Waals surface area contributed by atoms with E-state index in [-0.39, 0.29) is 5.91 Å². The Hall–Kier alpha value is -3.61. The maximum absolute atomic E-state index is 13.1. The van der Waals surface area contributed by atoms with Crippen molar-refractivity contribution in [2.45, 2.75) is 44.1 Å². The van der Waals surface area contributed by atoms with Crippen molar-refractivity contribution >= 4 is 16.8 Å². The van der Waals surface area contributed by atoms with Gasteiger partial charge in [-0.05, 0) is 48.7 Å². The quantitative estimate of drug-likeness (QED) is 0.461. The number of rotatable bonds is 6. The number of amides is 1. The van der Waals surface area contributed by atoms with Crippen LogP contribution in [0.5, 0.6) is 5.75 Å². The Morgan fingerprint density at radius 1 is 1.12 bits per heavy atom. The van der Waals surface area contributed by atoms with Crippen molar-refractivity contribution in [2.75, 3.05) is 7.11 Å². The number of para-hydroxylation sites is 1. The minimum atomic E-state index is -0.626. The average Bonchev–Trinajstić information content (AvgIpc) is 3.48. The number of hydrogen-bond donors (Lipinski definition) is 2. The summed E-state index contributed by atoms with van der Waals surface area (Å²) in [6.07, 6.45) is 6.94. The van der Waals surface area contributed by atoms with Crippen LogP contribution in [-0.4, -0.2) is 28.1 Å². The van der Waals surface area contributed by atoms with Crippen LogP contribution < -0.4 is 10.1 Å². The van der Waals surface area contributed by atoms with Crippen LogP contribution in [0.3, 0.4) is 0 Å². The highest BCUT2D eigenvalue weighted by atomic mass is 16.5. The van der Waals surface area contributed by atoms with Gasteiger partial charge in [0.25, 0.3) is 5.89 Å². The van der Waals surface area contributed by atoms with E-state index in [1.165, 1.54) is 0 Å². The molecule has 1 aliphatic rings. The van der Waals surface area contributed by atoms with Crippen LogP contribution in [0.1, 0.15) is 43.6 Å². The van der Waals surface area contributed by atoms with Gasteiger partial charge in [0.1, 0.15) is 11.3 Å². The second-order valence-corrected chi connectivity index (χ2v) is 8.38. The highest BCUT2D eigenvalue weighted by Gasteiger charge is 2.40. The molecule has 4 aromatic rings. The van der Waals surface area contributed by atoms with E-state index in [1.54, 1.807) is 7.11 Å². The molecule has 0 unspecified atom stereocenters. The van der Waals surface area contributed by atoms with Crippen LogP contribution in [0.4, 0.5) is 0 Å². The minimum Gasteiger partial charge on any atom is -0.497 e. The topological polar surface area (TPSA) is 93.0 Å². The number of methoxy groups -OCH3 is 1. The van der Waals surface area contributed by atoms with E-state index < -0.39 is 5.54 Å². The number of aromatic amines is 1. The molecule has 2 N–H and O–H groups in total. The molecule has 164 valence electrons. The highest BCUT2D eigenvalue weighted by molar-refractivity contribution is 5.89. The summed E-state index contributed by atoms with van der Waals surface area (Å²) in [5.41, 5.74) is 2.23. The van der Waals surface area contributed by atoms with Gasteiger partial charge in [-0.15, -0.1) is 0 Å². The van der Waals surface area contributed by atoms with Crippen LogP contribution in [0, 0.1) is 0 Å². The molecule has 2 heterocycles. The van der Waals surface area contributed by atoms with Gasteiger partial charge in [-0.3, -0.25) is 4.79 Å². The van der Waals surface area contributed by atoms with Crippen LogP contribution in [0.25, 0.3) is 22.3 Å². The molecule has 1 amide bonds. The third-order valence-corrected chi connectivity index (χ3v) is 6.30. The largest absolute Gasteiger partial charge is 0.497 e. The number of fused-ring (bicyclic) bond motifs is 1. The summed E-state index contributed by atoms with van der Waals surface area (Å²) in [6, 6.07) is 15.5. The van der Waals surface area contributed by atoms with E-state index in [1.807, 2.05) is 54.7 Å². The number of H-pyrrole nitrogens is 1. The van der Waals surface area contributed by atoms with Crippen molar-refractivity contribution in [1.29, 1.82) is 0 Å². The van der Waals surface area contributed by atoms with Gasteiger partial charge in [0.05, 0.1) is 13.5 Å². The van der Waals surface area contributed by atoms with Crippen molar-refractivity contribution in [3.05, 3.63) is 66.2 Å². The Morgan fingerprint density at radius 2 is 1.91 bits per heavy atom. The van der Waals surface area contributed by atoms with Gasteiger partial charge in [0.15, 0.2) is 0 Å². The van der Waals surface area contributed by atoms with Crippen LogP contribution in [0.2, 0.25) is 0 Å². The van der Waals surface area contributed by atoms with E-state index in [0.717, 1.165) is 59.9 Å². The molecule has 0 radical (unpaired) electrons. The van der Waals surface area contributed by atoms with E-state index in [4.69, 9.17) is 14.2 Å². The molecule has 1 aliphatic carbocycles. The first kappa shape index (κ1) is 20.3. The second-order valence-electron chi connectivity index (χ2n) is 8.38. The Bertz CT molecular complexity index is 1220. The van der Waals surface area contributed by atoms with Gasteiger partial charge < -0.3 is 19.6 Å². The summed E-state index contributed by atoms with van der Waals surface area (Å²) in [5, 5.41) is 8.54. The molecule has 0 atom stereocenters. The number of nitrogens with zero attached hydrogens (tertiary/aromatic N) is 2. The lowest BCUT2D eigenvalue weighted by Gasteiger charge is -2.34. The number of carbonyl (C=O) groups is 1. The molecule has 5 rings (SSSR count). The first-order valence-corrected chi connectivity index (χ1v) is 11.0. The Labute approximate surface area is 186 Å². The molecule has 0 aliphatic heterocycles. The average molecular weight is 431 g/mol. The van der Waals surface area contributed by atoms with Crippen molar-refractivity contribution in [2.24, 2.45) is 0 Å². The van der Waals surface area contributed by atoms with E-state index >= 15 is 0 Å². The number of hydrogen-bond acceptors (Lipinski definition) is 5. The summed E-state index contributed by atoms with van der Waals surface area (Å²) >= 11 is 0. The molecule has 1 saturated carbocycles. The summed E-state index contributed by atoms with van der Waals surface area (Å²) in [5.74, 6) is 1.72. The summed E-state index contributed by atoms with van der Waals surface area (Å²) < 4.78 is 10.9. The molecule has 32 heavy (non-hydrogen) atoms. The first-order chi connectivity index (χ1) is 15.7. The Kier molecular flexibility index (Phi) is 5.39. The maximum atomic E-state index is 13.1. The minimum absolute atomic E-state index is 0.0409. The number of nitrogens with one attached hydrogen (secondary N) is 2. The third kappa shape index (κ3) is 3.86. The standard InChI is InChI=1S/C25H26N4O3/c1-31-19-11-9-17(10-12-19)23-27-24(32-29-23)25(13-5-2-6-14-25)28-22(30)15-18-16-26-21-8-4-3-7-20(18)21/h3-4,7-12,16,26H,2,5-6,13-15H2,1H3,(H,28,30). The SMILES string of the molecule is COc1ccc(-c2noc(C3(NC(=O)Cc4c[nH]c5ccccc45)CCCCC3)n2)cc1. The van der Waals surface area contributed by atoms with E-state index in [9.17, 15) is 4.79 Å². The fraction of sp³-hybridized carbons (Fsp3) is 0.320. The molecular weight excluding hydrogens is 404 g/mol. The molecule has 2 aromatic heterocycles. The molecule has 2 aromatic carbocycles. The predicted molar refractivity (Wildman–Crippen MR) is 121 cm³/mol. The zero-order valence-electron chi connectivity index (χ0n) is 18.1. The van der Waals surface area contributed by atoms with Crippen molar-refractivity contribution in [3.8, 4) is 17.1 Å². The number of carbonyl (C=O) groups excluding carboxylic acids is 1. The lowest BCUT2D eigenvalue weighted by atomic mass is 9.81. The molecule has 0 saturated heterocycles. The predicted octanol–water partition coefficient (Wildman–Crippen LogP) is 4.74. The zero-order chi connectivity index (χ0) is 22.0. The fourth-order valence-corrected chi connectivity index (χ4v) is 4.58. The second kappa shape index (κ2) is 8.49. The Morgan fingerprint density at radius 3 is 2.69 bits per heavy atom. The normalized spacial score (nSPS) is 15.5. The molecule has 0 spiro atoms. The molecule has 7 nitrogen and oxygen atoms in total. The van der Waals surface area contributed by atoms with Crippen molar-refractivity contribution in [3.63, 3.8) is 0 Å². The monoisotopic (exact) mass is 430 g/mol. The third-order valence-electron chi connectivity index (χ3n) is 6.30. The number of aromatic nitrogens is 3. The van der Waals surface area contributed by atoms with Gasteiger partial charge in [0.2, 0.25) is 11.7 Å². The summed E-state index contributed by atoms with van der Waals surface area (Å²) in [7, 11) is 1.63. The molecular formula is C25H26N4O3. The van der Waals surface area contributed by atoms with Gasteiger partial charge in [-0.1, -0.05) is 42.6 Å². The maximum Gasteiger partial charge on any atom is 0.252 e. The van der Waals surface area contributed by atoms with Crippen LogP contribution in [0.15, 0.2) is 59.3 Å². The van der Waals surface area contributed by atoms with Gasteiger partial charge >= 0.3 is 0 Å². The summed E-state index contributed by atoms with van der Waals surface area (Å²) in [6.45, 7) is 0. The number of ether oxygens (including phenoxy) is 1. The van der Waals surface area contributed by atoms with Crippen molar-refractivity contribution in [1.82, 2.24) is 20.4 Å². The zero-order valence-corrected chi connectivity index (χ0v) is 18.1. The van der Waals surface area contributed by atoms with E-state index in [2.05, 4.69) is 15.5 Å². The highest BCUT2D eigenvalue weighted by Crippen LogP contribution is 2.37. The first-order valence-electron chi connectivity index (χ1n) is 11.0. The molecule has 0 bridgehead atoms. The molecule has 1 fully saturated rings. The fourth-order valence-electron chi connectivity index (χ4n) is 4.58. The smallest absolute Gasteiger partial charge is 0.252 e. The van der Waals surface area contributed by atoms with Gasteiger partial charge in [-0.25, -0.2) is 0 Å². The van der Waals surface area contributed by atoms with Crippen LogP contribution >= 0.6 is 0 Å². The lowest BCUT2D eigenvalue weighted by molar-refractivity contribution is -0.123. The lowest BCUT2D eigenvalue weighted by Crippen LogP contribution is -2.48. The number of benzene rings is 2. The molecule has 7 heteroatoms.